The fourth-order valence-corrected chi connectivity index (χ4v) is 4.60. The third-order valence-corrected chi connectivity index (χ3v) is 5.19. The molecule has 0 radical (unpaired) electrons. The number of esters is 1. The molecule has 0 N–H and O–H groups in total. The zero-order chi connectivity index (χ0) is 14.0. The van der Waals surface area contributed by atoms with Gasteiger partial charge in [0.2, 0.25) is 0 Å². The lowest BCUT2D eigenvalue weighted by atomic mass is 9.70. The van der Waals surface area contributed by atoms with Gasteiger partial charge in [0.05, 0.1) is 24.5 Å². The van der Waals surface area contributed by atoms with Crippen LogP contribution < -0.4 is 4.74 Å². The summed E-state index contributed by atoms with van der Waals surface area (Å²) in [4.78, 5) is 12.7. The highest BCUT2D eigenvalue weighted by molar-refractivity contribution is 9.10. The lowest BCUT2D eigenvalue weighted by Gasteiger charge is -2.42. The van der Waals surface area contributed by atoms with Gasteiger partial charge in [-0.25, -0.2) is 0 Å². The molecule has 0 bridgehead atoms. The molecule has 1 aliphatic rings. The summed E-state index contributed by atoms with van der Waals surface area (Å²) in [5.74, 6) is 0.769. The number of halogens is 1. The first-order valence-electron chi connectivity index (χ1n) is 6.07. The zero-order valence-corrected chi connectivity index (χ0v) is 13.6. The average molecular weight is 345 g/mol. The molecule has 104 valence electrons. The molecule has 0 aromatic heterocycles. The highest BCUT2D eigenvalue weighted by atomic mass is 79.9. The maximum absolute atomic E-state index is 11.6. The minimum absolute atomic E-state index is 0.106. The van der Waals surface area contributed by atoms with E-state index in [2.05, 4.69) is 22.0 Å². The summed E-state index contributed by atoms with van der Waals surface area (Å²) < 4.78 is 11.2. The van der Waals surface area contributed by atoms with E-state index in [4.69, 9.17) is 9.47 Å². The number of ether oxygens (including phenoxy) is 2. The molecule has 1 saturated carbocycles. The Morgan fingerprint density at radius 3 is 2.68 bits per heavy atom. The van der Waals surface area contributed by atoms with Crippen LogP contribution in [0.4, 0.5) is 0 Å². The summed E-state index contributed by atoms with van der Waals surface area (Å²) >= 11 is 5.23. The predicted molar refractivity (Wildman–Crippen MR) is 79.7 cm³/mol. The van der Waals surface area contributed by atoms with Crippen LogP contribution in [0.25, 0.3) is 0 Å². The average Bonchev–Trinajstić information content (AvgIpc) is 2.36. The van der Waals surface area contributed by atoms with E-state index in [1.807, 2.05) is 19.1 Å². The highest BCUT2D eigenvalue weighted by Gasteiger charge is 2.47. The number of methoxy groups -OCH3 is 2. The van der Waals surface area contributed by atoms with Crippen molar-refractivity contribution in [2.75, 3.05) is 14.2 Å². The molecule has 0 aliphatic heterocycles. The van der Waals surface area contributed by atoms with Crippen LogP contribution in [0.1, 0.15) is 19.8 Å². The van der Waals surface area contributed by atoms with Crippen LogP contribution in [0.5, 0.6) is 5.75 Å². The van der Waals surface area contributed by atoms with Crippen molar-refractivity contribution in [3.05, 3.63) is 22.7 Å². The summed E-state index contributed by atoms with van der Waals surface area (Å²) in [5.41, 5.74) is -0.314. The number of rotatable bonds is 4. The number of benzene rings is 1. The molecule has 0 amide bonds. The number of carbonyl (C=O) groups excluding carboxylic acids is 1. The molecule has 1 aromatic rings. The number of hydrogen-bond acceptors (Lipinski definition) is 4. The SMILES string of the molecule is COc1ccc(Br)cc1S[C@H]1C[C@](C)(C(=O)OC)C1. The van der Waals surface area contributed by atoms with Gasteiger partial charge in [-0.1, -0.05) is 15.9 Å². The Bertz CT molecular complexity index is 484. The summed E-state index contributed by atoms with van der Waals surface area (Å²) in [5, 5.41) is 0.437. The highest BCUT2D eigenvalue weighted by Crippen LogP contribution is 2.51. The van der Waals surface area contributed by atoms with Crippen molar-refractivity contribution in [2.24, 2.45) is 5.41 Å². The van der Waals surface area contributed by atoms with Crippen LogP contribution in [-0.2, 0) is 9.53 Å². The van der Waals surface area contributed by atoms with Crippen molar-refractivity contribution in [2.45, 2.75) is 29.9 Å². The Morgan fingerprint density at radius 2 is 2.11 bits per heavy atom. The van der Waals surface area contributed by atoms with Gasteiger partial charge in [-0.2, -0.15) is 0 Å². The zero-order valence-electron chi connectivity index (χ0n) is 11.2. The van der Waals surface area contributed by atoms with Gasteiger partial charge in [0.25, 0.3) is 0 Å². The largest absolute Gasteiger partial charge is 0.496 e. The van der Waals surface area contributed by atoms with Gasteiger partial charge < -0.3 is 9.47 Å². The molecule has 0 spiro atoms. The van der Waals surface area contributed by atoms with E-state index < -0.39 is 0 Å². The van der Waals surface area contributed by atoms with Crippen molar-refractivity contribution >= 4 is 33.7 Å². The summed E-state index contributed by atoms with van der Waals surface area (Å²) in [6.45, 7) is 1.97. The van der Waals surface area contributed by atoms with Gasteiger partial charge in [0.1, 0.15) is 5.75 Å². The van der Waals surface area contributed by atoms with E-state index in [0.717, 1.165) is 28.0 Å². The van der Waals surface area contributed by atoms with Gasteiger partial charge in [-0.3, -0.25) is 4.79 Å². The van der Waals surface area contributed by atoms with Gasteiger partial charge in [-0.05, 0) is 38.0 Å². The van der Waals surface area contributed by atoms with Crippen LogP contribution >= 0.6 is 27.7 Å². The van der Waals surface area contributed by atoms with E-state index in [-0.39, 0.29) is 11.4 Å². The van der Waals surface area contributed by atoms with E-state index in [9.17, 15) is 4.79 Å². The predicted octanol–water partition coefficient (Wildman–Crippen LogP) is 3.89. The Labute approximate surface area is 126 Å². The van der Waals surface area contributed by atoms with Gasteiger partial charge >= 0.3 is 5.97 Å². The molecule has 0 unspecified atom stereocenters. The number of thioether (sulfide) groups is 1. The first-order valence-corrected chi connectivity index (χ1v) is 7.74. The molecule has 19 heavy (non-hydrogen) atoms. The second-order valence-electron chi connectivity index (χ2n) is 5.00. The quantitative estimate of drug-likeness (QED) is 0.776. The maximum Gasteiger partial charge on any atom is 0.311 e. The van der Waals surface area contributed by atoms with Crippen molar-refractivity contribution in [3.63, 3.8) is 0 Å². The lowest BCUT2D eigenvalue weighted by molar-refractivity contribution is -0.156. The smallest absolute Gasteiger partial charge is 0.311 e. The van der Waals surface area contributed by atoms with Gasteiger partial charge in [0, 0.05) is 9.72 Å². The van der Waals surface area contributed by atoms with Gasteiger partial charge in [-0.15, -0.1) is 11.8 Å². The molecule has 1 aliphatic carbocycles. The summed E-state index contributed by atoms with van der Waals surface area (Å²) in [6.07, 6.45) is 1.69. The van der Waals surface area contributed by atoms with Crippen molar-refractivity contribution in [1.82, 2.24) is 0 Å². The standard InChI is InChI=1S/C14H17BrO3S/c1-14(13(16)18-3)7-10(8-14)19-12-6-9(15)4-5-11(12)17-2/h4-6,10H,7-8H2,1-3H3/t10-,14-. The van der Waals surface area contributed by atoms with Crippen LogP contribution in [0.15, 0.2) is 27.6 Å². The van der Waals surface area contributed by atoms with Crippen LogP contribution in [0.2, 0.25) is 0 Å². The van der Waals surface area contributed by atoms with Crippen molar-refractivity contribution in [1.29, 1.82) is 0 Å². The molecule has 0 heterocycles. The molecular formula is C14H17BrO3S. The number of carbonyl (C=O) groups is 1. The monoisotopic (exact) mass is 344 g/mol. The normalized spacial score (nSPS) is 25.6. The Balaban J connectivity index is 2.01. The van der Waals surface area contributed by atoms with E-state index in [1.165, 1.54) is 7.11 Å². The van der Waals surface area contributed by atoms with E-state index in [1.54, 1.807) is 18.9 Å². The second kappa shape index (κ2) is 5.75. The number of hydrogen-bond donors (Lipinski definition) is 0. The van der Waals surface area contributed by atoms with Crippen LogP contribution in [0, 0.1) is 5.41 Å². The van der Waals surface area contributed by atoms with Crippen LogP contribution in [0.3, 0.4) is 0 Å². The molecule has 5 heteroatoms. The first kappa shape index (κ1) is 14.7. The van der Waals surface area contributed by atoms with Crippen molar-refractivity contribution in [3.8, 4) is 5.75 Å². The van der Waals surface area contributed by atoms with Crippen molar-refractivity contribution < 1.29 is 14.3 Å². The van der Waals surface area contributed by atoms with Gasteiger partial charge in [0.15, 0.2) is 0 Å². The third kappa shape index (κ3) is 3.08. The van der Waals surface area contributed by atoms with E-state index in [0.29, 0.717) is 5.25 Å². The topological polar surface area (TPSA) is 35.5 Å². The molecule has 0 atom stereocenters. The maximum atomic E-state index is 11.6. The van der Waals surface area contributed by atoms with E-state index >= 15 is 0 Å². The summed E-state index contributed by atoms with van der Waals surface area (Å²) in [7, 11) is 3.12. The Hall–Kier alpha value is -0.680. The molecule has 3 nitrogen and oxygen atoms in total. The fraction of sp³-hybridized carbons (Fsp3) is 0.500. The molecular weight excluding hydrogens is 328 g/mol. The Kier molecular flexibility index (Phi) is 4.46. The second-order valence-corrected chi connectivity index (χ2v) is 7.25. The molecule has 1 aromatic carbocycles. The van der Waals surface area contributed by atoms with Crippen LogP contribution in [-0.4, -0.2) is 25.4 Å². The first-order chi connectivity index (χ1) is 8.98. The lowest BCUT2D eigenvalue weighted by Crippen LogP contribution is -2.43. The Morgan fingerprint density at radius 1 is 1.42 bits per heavy atom. The minimum atomic E-state index is -0.314. The molecule has 0 saturated heterocycles. The molecule has 2 rings (SSSR count). The third-order valence-electron chi connectivity index (χ3n) is 3.45. The fourth-order valence-electron chi connectivity index (χ4n) is 2.36. The minimum Gasteiger partial charge on any atom is -0.496 e. The summed E-state index contributed by atoms with van der Waals surface area (Å²) in [6, 6.07) is 5.96. The molecule has 1 fully saturated rings.